The largest absolute Gasteiger partial charge is 0.497 e. The van der Waals surface area contributed by atoms with Crippen molar-refractivity contribution in [3.05, 3.63) is 83.4 Å². The minimum absolute atomic E-state index is 0.143. The molecule has 0 heterocycles. The summed E-state index contributed by atoms with van der Waals surface area (Å²) in [5, 5.41) is 3.06. The zero-order valence-corrected chi connectivity index (χ0v) is 19.2. The van der Waals surface area contributed by atoms with Crippen molar-refractivity contribution in [2.45, 2.75) is 19.5 Å². The molecule has 3 rings (SSSR count). The van der Waals surface area contributed by atoms with E-state index in [2.05, 4.69) is 5.32 Å². The number of likely N-dealkylation sites (N-methyl/N-ethyl adjacent to an activating group) is 1. The summed E-state index contributed by atoms with van der Waals surface area (Å²) < 4.78 is 16.3. The molecule has 168 valence electrons. The van der Waals surface area contributed by atoms with Crippen molar-refractivity contribution in [3.8, 4) is 17.2 Å². The monoisotopic (exact) mass is 434 g/mol. The quantitative estimate of drug-likeness (QED) is 0.523. The van der Waals surface area contributed by atoms with E-state index in [1.807, 2.05) is 85.6 Å². The molecule has 0 aliphatic heterocycles. The SMILES string of the molecule is COc1ccc(CN(C)[C@H](C(=O)Nc2cc(C)ccc2OC)c2ccccc2)c(OC)c1. The highest BCUT2D eigenvalue weighted by atomic mass is 16.5. The van der Waals surface area contributed by atoms with Gasteiger partial charge in [0, 0.05) is 18.2 Å². The Morgan fingerprint density at radius 3 is 2.28 bits per heavy atom. The topological polar surface area (TPSA) is 60.0 Å². The lowest BCUT2D eigenvalue weighted by atomic mass is 10.0. The minimum atomic E-state index is -0.520. The van der Waals surface area contributed by atoms with Crippen molar-refractivity contribution < 1.29 is 19.0 Å². The number of benzene rings is 3. The van der Waals surface area contributed by atoms with Crippen molar-refractivity contribution in [2.75, 3.05) is 33.7 Å². The van der Waals surface area contributed by atoms with Gasteiger partial charge in [-0.2, -0.15) is 0 Å². The van der Waals surface area contributed by atoms with Gasteiger partial charge in [0.2, 0.25) is 5.91 Å². The molecule has 0 fully saturated rings. The zero-order chi connectivity index (χ0) is 23.1. The molecule has 6 nitrogen and oxygen atoms in total. The van der Waals surface area contributed by atoms with Gasteiger partial charge in [-0.3, -0.25) is 9.69 Å². The molecule has 0 radical (unpaired) electrons. The highest BCUT2D eigenvalue weighted by Crippen LogP contribution is 2.31. The van der Waals surface area contributed by atoms with E-state index in [1.165, 1.54) is 0 Å². The van der Waals surface area contributed by atoms with Crippen molar-refractivity contribution in [1.82, 2.24) is 4.90 Å². The van der Waals surface area contributed by atoms with Crippen LogP contribution in [0.15, 0.2) is 66.7 Å². The molecule has 3 aromatic rings. The van der Waals surface area contributed by atoms with Crippen LogP contribution >= 0.6 is 0 Å². The van der Waals surface area contributed by atoms with E-state index in [-0.39, 0.29) is 5.91 Å². The standard InChI is InChI=1S/C26H30N2O4/c1-18-11-14-23(31-4)22(15-18)27-26(29)25(19-9-7-6-8-10-19)28(2)17-20-12-13-21(30-3)16-24(20)32-5/h6-16,25H,17H2,1-5H3,(H,27,29)/t25-/m0/s1. The van der Waals surface area contributed by atoms with Gasteiger partial charge in [-0.05, 0) is 43.3 Å². The van der Waals surface area contributed by atoms with Gasteiger partial charge in [-0.25, -0.2) is 0 Å². The van der Waals surface area contributed by atoms with Gasteiger partial charge in [0.1, 0.15) is 23.3 Å². The first-order chi connectivity index (χ1) is 15.5. The molecule has 1 atom stereocenters. The Kier molecular flexibility index (Phi) is 7.73. The molecule has 32 heavy (non-hydrogen) atoms. The fourth-order valence-electron chi connectivity index (χ4n) is 3.70. The highest BCUT2D eigenvalue weighted by molar-refractivity contribution is 5.96. The Morgan fingerprint density at radius 2 is 1.62 bits per heavy atom. The normalized spacial score (nSPS) is 11.7. The van der Waals surface area contributed by atoms with Gasteiger partial charge in [-0.15, -0.1) is 0 Å². The summed E-state index contributed by atoms with van der Waals surface area (Å²) in [5.74, 6) is 1.91. The highest BCUT2D eigenvalue weighted by Gasteiger charge is 2.27. The molecule has 0 aliphatic rings. The third-order valence-corrected chi connectivity index (χ3v) is 5.33. The zero-order valence-electron chi connectivity index (χ0n) is 19.2. The molecule has 3 aromatic carbocycles. The van der Waals surface area contributed by atoms with E-state index in [0.717, 1.165) is 22.4 Å². The van der Waals surface area contributed by atoms with Crippen LogP contribution in [0.5, 0.6) is 17.2 Å². The molecule has 0 spiro atoms. The predicted molar refractivity (Wildman–Crippen MR) is 127 cm³/mol. The second-order valence-corrected chi connectivity index (χ2v) is 7.60. The Labute approximate surface area is 189 Å². The molecule has 0 saturated heterocycles. The summed E-state index contributed by atoms with van der Waals surface area (Å²) in [6.45, 7) is 2.48. The molecule has 0 unspecified atom stereocenters. The average molecular weight is 435 g/mol. The third-order valence-electron chi connectivity index (χ3n) is 5.33. The number of anilines is 1. The molecular formula is C26H30N2O4. The van der Waals surface area contributed by atoms with Crippen molar-refractivity contribution in [2.24, 2.45) is 0 Å². The molecule has 0 saturated carbocycles. The van der Waals surface area contributed by atoms with Crippen LogP contribution in [0.2, 0.25) is 0 Å². The fraction of sp³-hybridized carbons (Fsp3) is 0.269. The Hall–Kier alpha value is -3.51. The Balaban J connectivity index is 1.91. The number of hydrogen-bond acceptors (Lipinski definition) is 5. The van der Waals surface area contributed by atoms with Gasteiger partial charge in [0.05, 0.1) is 27.0 Å². The average Bonchev–Trinajstić information content (AvgIpc) is 2.80. The molecule has 0 aliphatic carbocycles. The van der Waals surface area contributed by atoms with E-state index in [4.69, 9.17) is 14.2 Å². The number of carbonyl (C=O) groups excluding carboxylic acids is 1. The van der Waals surface area contributed by atoms with Gasteiger partial charge in [0.15, 0.2) is 0 Å². The fourth-order valence-corrected chi connectivity index (χ4v) is 3.70. The summed E-state index contributed by atoms with van der Waals surface area (Å²) in [6.07, 6.45) is 0. The molecule has 0 bridgehead atoms. The van der Waals surface area contributed by atoms with E-state index in [9.17, 15) is 4.79 Å². The van der Waals surface area contributed by atoms with Gasteiger partial charge in [-0.1, -0.05) is 42.5 Å². The van der Waals surface area contributed by atoms with Gasteiger partial charge in [0.25, 0.3) is 0 Å². The summed E-state index contributed by atoms with van der Waals surface area (Å²) in [4.78, 5) is 15.5. The van der Waals surface area contributed by atoms with Crippen molar-refractivity contribution in [3.63, 3.8) is 0 Å². The van der Waals surface area contributed by atoms with E-state index in [0.29, 0.717) is 23.7 Å². The number of methoxy groups -OCH3 is 3. The van der Waals surface area contributed by atoms with Gasteiger partial charge >= 0.3 is 0 Å². The second-order valence-electron chi connectivity index (χ2n) is 7.60. The Bertz CT molecular complexity index is 1050. The van der Waals surface area contributed by atoms with Crippen LogP contribution in [0.3, 0.4) is 0 Å². The van der Waals surface area contributed by atoms with Crippen LogP contribution in [0, 0.1) is 6.92 Å². The lowest BCUT2D eigenvalue weighted by Crippen LogP contribution is -2.34. The first kappa shape index (κ1) is 23.2. The lowest BCUT2D eigenvalue weighted by molar-refractivity contribution is -0.121. The summed E-state index contributed by atoms with van der Waals surface area (Å²) in [6, 6.07) is 20.6. The number of aryl methyl sites for hydroxylation is 1. The summed E-state index contributed by atoms with van der Waals surface area (Å²) in [5.41, 5.74) is 3.53. The van der Waals surface area contributed by atoms with Crippen LogP contribution in [0.1, 0.15) is 22.7 Å². The molecule has 1 amide bonds. The number of carbonyl (C=O) groups is 1. The maximum Gasteiger partial charge on any atom is 0.246 e. The van der Waals surface area contributed by atoms with Crippen molar-refractivity contribution >= 4 is 11.6 Å². The maximum absolute atomic E-state index is 13.5. The maximum atomic E-state index is 13.5. The minimum Gasteiger partial charge on any atom is -0.497 e. The first-order valence-corrected chi connectivity index (χ1v) is 10.4. The van der Waals surface area contributed by atoms with Crippen LogP contribution in [-0.2, 0) is 11.3 Å². The van der Waals surface area contributed by atoms with E-state index in [1.54, 1.807) is 21.3 Å². The Morgan fingerprint density at radius 1 is 0.906 bits per heavy atom. The van der Waals surface area contributed by atoms with E-state index < -0.39 is 6.04 Å². The predicted octanol–water partition coefficient (Wildman–Crippen LogP) is 4.83. The van der Waals surface area contributed by atoms with Crippen LogP contribution in [0.4, 0.5) is 5.69 Å². The lowest BCUT2D eigenvalue weighted by Gasteiger charge is -2.28. The van der Waals surface area contributed by atoms with E-state index >= 15 is 0 Å². The summed E-state index contributed by atoms with van der Waals surface area (Å²) in [7, 11) is 6.77. The number of hydrogen-bond donors (Lipinski definition) is 1. The third kappa shape index (κ3) is 5.39. The first-order valence-electron chi connectivity index (χ1n) is 10.4. The summed E-state index contributed by atoms with van der Waals surface area (Å²) >= 11 is 0. The molecule has 0 aromatic heterocycles. The van der Waals surface area contributed by atoms with Gasteiger partial charge < -0.3 is 19.5 Å². The van der Waals surface area contributed by atoms with Crippen LogP contribution in [-0.4, -0.2) is 39.2 Å². The number of rotatable bonds is 9. The second kappa shape index (κ2) is 10.7. The number of amides is 1. The smallest absolute Gasteiger partial charge is 0.246 e. The number of ether oxygens (including phenoxy) is 3. The number of nitrogens with zero attached hydrogens (tertiary/aromatic N) is 1. The molecule has 1 N–H and O–H groups in total. The van der Waals surface area contributed by atoms with Crippen molar-refractivity contribution in [1.29, 1.82) is 0 Å². The van der Waals surface area contributed by atoms with Crippen LogP contribution < -0.4 is 19.5 Å². The number of nitrogens with one attached hydrogen (secondary N) is 1. The van der Waals surface area contributed by atoms with Crippen LogP contribution in [0.25, 0.3) is 0 Å². The molecule has 6 heteroatoms. The molecular weight excluding hydrogens is 404 g/mol.